The van der Waals surface area contributed by atoms with Gasteiger partial charge in [0.25, 0.3) is 0 Å². The van der Waals surface area contributed by atoms with Gasteiger partial charge in [-0.1, -0.05) is 6.92 Å². The van der Waals surface area contributed by atoms with Crippen LogP contribution in [0.25, 0.3) is 0 Å². The maximum absolute atomic E-state index is 8.96. The van der Waals surface area contributed by atoms with Gasteiger partial charge in [-0.05, 0) is 20.3 Å². The molecule has 2 unspecified atom stereocenters. The van der Waals surface area contributed by atoms with Crippen molar-refractivity contribution in [3.63, 3.8) is 0 Å². The molecule has 0 heterocycles. The second-order valence-electron chi connectivity index (χ2n) is 3.30. The molecule has 0 bridgehead atoms. The van der Waals surface area contributed by atoms with E-state index in [2.05, 4.69) is 5.32 Å². The molecule has 2 atom stereocenters. The average Bonchev–Trinajstić information content (AvgIpc) is 2.00. The smallest absolute Gasteiger partial charge is 0.0636 e. The summed E-state index contributed by atoms with van der Waals surface area (Å²) in [6, 6.07) is 0. The highest BCUT2D eigenvalue weighted by atomic mass is 16.3. The number of hydrogen-bond donors (Lipinski definition) is 3. The van der Waals surface area contributed by atoms with E-state index >= 15 is 0 Å². The summed E-state index contributed by atoms with van der Waals surface area (Å²) in [6.07, 6.45) is 0.503. The summed E-state index contributed by atoms with van der Waals surface area (Å²) >= 11 is 0. The zero-order valence-corrected chi connectivity index (χ0v) is 7.59. The predicted molar refractivity (Wildman–Crippen MR) is 45.5 cm³/mol. The van der Waals surface area contributed by atoms with Gasteiger partial charge in [-0.25, -0.2) is 0 Å². The van der Waals surface area contributed by atoms with Crippen LogP contribution < -0.4 is 5.32 Å². The first kappa shape index (κ1) is 10.9. The summed E-state index contributed by atoms with van der Waals surface area (Å²) in [5, 5.41) is 21.0. The molecule has 0 rings (SSSR count). The van der Waals surface area contributed by atoms with Gasteiger partial charge in [0.15, 0.2) is 0 Å². The molecule has 0 aromatic rings. The van der Waals surface area contributed by atoms with Crippen LogP contribution in [0.2, 0.25) is 0 Å². The van der Waals surface area contributed by atoms with Crippen molar-refractivity contribution < 1.29 is 10.2 Å². The number of aliphatic hydroxyl groups is 2. The van der Waals surface area contributed by atoms with Gasteiger partial charge in [0, 0.05) is 12.1 Å². The molecule has 0 radical (unpaired) electrons. The first-order valence-corrected chi connectivity index (χ1v) is 4.08. The average molecular weight is 161 g/mol. The van der Waals surface area contributed by atoms with Crippen LogP contribution in [-0.4, -0.2) is 35.0 Å². The lowest BCUT2D eigenvalue weighted by Gasteiger charge is -2.27. The maximum atomic E-state index is 8.96. The number of β-amino-alcohol motifs (C(OH)–C–C–N with tert-alkyl or cyclic N) is 1. The lowest BCUT2D eigenvalue weighted by Crippen LogP contribution is -2.47. The predicted octanol–water partition coefficient (Wildman–Crippen LogP) is 0.118. The summed E-state index contributed by atoms with van der Waals surface area (Å²) in [4.78, 5) is 0. The number of rotatable bonds is 5. The third-order valence-electron chi connectivity index (χ3n) is 1.95. The fourth-order valence-corrected chi connectivity index (χ4v) is 0.687. The van der Waals surface area contributed by atoms with E-state index in [4.69, 9.17) is 10.2 Å². The Morgan fingerprint density at radius 1 is 1.55 bits per heavy atom. The molecule has 0 aromatic heterocycles. The normalized spacial score (nSPS) is 19.4. The van der Waals surface area contributed by atoms with Gasteiger partial charge in [0.1, 0.15) is 0 Å². The van der Waals surface area contributed by atoms with E-state index in [0.717, 1.165) is 6.42 Å². The lowest BCUT2D eigenvalue weighted by atomic mass is 10.0. The van der Waals surface area contributed by atoms with Crippen LogP contribution in [0.4, 0.5) is 0 Å². The minimum absolute atomic E-state index is 0.107. The van der Waals surface area contributed by atoms with E-state index < -0.39 is 0 Å². The molecule has 0 spiro atoms. The van der Waals surface area contributed by atoms with Crippen molar-refractivity contribution in [1.29, 1.82) is 0 Å². The van der Waals surface area contributed by atoms with Crippen molar-refractivity contribution in [2.75, 3.05) is 13.2 Å². The molecule has 3 N–H and O–H groups in total. The molecular formula is C8H19NO2. The van der Waals surface area contributed by atoms with Gasteiger partial charge in [0.05, 0.1) is 12.7 Å². The number of aliphatic hydroxyl groups excluding tert-OH is 2. The highest BCUT2D eigenvalue weighted by Gasteiger charge is 2.19. The summed E-state index contributed by atoms with van der Waals surface area (Å²) < 4.78 is 0. The van der Waals surface area contributed by atoms with Crippen molar-refractivity contribution in [1.82, 2.24) is 5.32 Å². The highest BCUT2D eigenvalue weighted by Crippen LogP contribution is 2.06. The molecule has 0 saturated heterocycles. The zero-order chi connectivity index (χ0) is 8.91. The van der Waals surface area contributed by atoms with Gasteiger partial charge >= 0.3 is 0 Å². The topological polar surface area (TPSA) is 52.5 Å². The SMILES string of the molecule is CCC(C)(CO)NCC(C)O. The third kappa shape index (κ3) is 4.35. The first-order chi connectivity index (χ1) is 5.04. The quantitative estimate of drug-likeness (QED) is 0.537. The number of nitrogens with one attached hydrogen (secondary N) is 1. The minimum Gasteiger partial charge on any atom is -0.394 e. The molecule has 0 aliphatic carbocycles. The van der Waals surface area contributed by atoms with Crippen LogP contribution in [0, 0.1) is 0 Å². The summed E-state index contributed by atoms with van der Waals surface area (Å²) in [7, 11) is 0. The molecular weight excluding hydrogens is 142 g/mol. The van der Waals surface area contributed by atoms with Crippen molar-refractivity contribution >= 4 is 0 Å². The van der Waals surface area contributed by atoms with E-state index in [1.807, 2.05) is 13.8 Å². The fourth-order valence-electron chi connectivity index (χ4n) is 0.687. The second-order valence-corrected chi connectivity index (χ2v) is 3.30. The Labute approximate surface area is 68.4 Å². The minimum atomic E-state index is -0.354. The van der Waals surface area contributed by atoms with E-state index in [1.165, 1.54) is 0 Å². The van der Waals surface area contributed by atoms with Crippen LogP contribution in [0.3, 0.4) is 0 Å². The molecule has 0 aliphatic heterocycles. The molecule has 11 heavy (non-hydrogen) atoms. The van der Waals surface area contributed by atoms with Gasteiger partial charge in [-0.3, -0.25) is 0 Å². The van der Waals surface area contributed by atoms with Crippen LogP contribution >= 0.6 is 0 Å². The second kappa shape index (κ2) is 4.70. The Hall–Kier alpha value is -0.120. The van der Waals surface area contributed by atoms with Gasteiger partial charge in [-0.15, -0.1) is 0 Å². The third-order valence-corrected chi connectivity index (χ3v) is 1.95. The van der Waals surface area contributed by atoms with Crippen molar-refractivity contribution in [2.45, 2.75) is 38.8 Å². The monoisotopic (exact) mass is 161 g/mol. The molecule has 0 saturated carbocycles. The highest BCUT2D eigenvalue weighted by molar-refractivity contribution is 4.80. The molecule has 0 fully saturated rings. The van der Waals surface area contributed by atoms with E-state index in [-0.39, 0.29) is 18.2 Å². The summed E-state index contributed by atoms with van der Waals surface area (Å²) in [5.74, 6) is 0. The van der Waals surface area contributed by atoms with Gasteiger partial charge in [-0.2, -0.15) is 0 Å². The Morgan fingerprint density at radius 2 is 2.09 bits per heavy atom. The van der Waals surface area contributed by atoms with E-state index in [9.17, 15) is 0 Å². The lowest BCUT2D eigenvalue weighted by molar-refractivity contribution is 0.134. The van der Waals surface area contributed by atoms with Crippen LogP contribution in [-0.2, 0) is 0 Å². The largest absolute Gasteiger partial charge is 0.394 e. The standard InChI is InChI=1S/C8H19NO2/c1-4-8(3,6-10)9-5-7(2)11/h7,9-11H,4-6H2,1-3H3. The van der Waals surface area contributed by atoms with E-state index in [1.54, 1.807) is 6.92 Å². The van der Waals surface area contributed by atoms with Gasteiger partial charge < -0.3 is 15.5 Å². The Balaban J connectivity index is 3.69. The number of hydrogen-bond acceptors (Lipinski definition) is 3. The Kier molecular flexibility index (Phi) is 4.65. The molecule has 68 valence electrons. The van der Waals surface area contributed by atoms with Gasteiger partial charge in [0.2, 0.25) is 0 Å². The summed E-state index contributed by atoms with van der Waals surface area (Å²) in [6.45, 7) is 6.31. The molecule has 3 nitrogen and oxygen atoms in total. The van der Waals surface area contributed by atoms with Crippen LogP contribution in [0.15, 0.2) is 0 Å². The Bertz CT molecular complexity index is 100. The maximum Gasteiger partial charge on any atom is 0.0636 e. The molecule has 3 heteroatoms. The molecule has 0 aromatic carbocycles. The van der Waals surface area contributed by atoms with E-state index in [0.29, 0.717) is 6.54 Å². The van der Waals surface area contributed by atoms with Crippen LogP contribution in [0.5, 0.6) is 0 Å². The van der Waals surface area contributed by atoms with Crippen LogP contribution in [0.1, 0.15) is 27.2 Å². The summed E-state index contributed by atoms with van der Waals surface area (Å²) in [5.41, 5.74) is -0.239. The van der Waals surface area contributed by atoms with Crippen molar-refractivity contribution in [2.24, 2.45) is 0 Å². The van der Waals surface area contributed by atoms with Crippen molar-refractivity contribution in [3.05, 3.63) is 0 Å². The first-order valence-electron chi connectivity index (χ1n) is 4.08. The Morgan fingerprint density at radius 3 is 2.36 bits per heavy atom. The molecule has 0 amide bonds. The van der Waals surface area contributed by atoms with Crippen molar-refractivity contribution in [3.8, 4) is 0 Å². The molecule has 0 aliphatic rings. The zero-order valence-electron chi connectivity index (χ0n) is 7.59. The fraction of sp³-hybridized carbons (Fsp3) is 1.00.